The van der Waals surface area contributed by atoms with Crippen LogP contribution in [0, 0.1) is 5.92 Å². The van der Waals surface area contributed by atoms with E-state index in [4.69, 9.17) is 4.74 Å². The van der Waals surface area contributed by atoms with Crippen LogP contribution in [0.15, 0.2) is 35.5 Å². The molecule has 1 heterocycles. The number of carbonyl (C=O) groups is 1. The van der Waals surface area contributed by atoms with Crippen molar-refractivity contribution in [3.05, 3.63) is 36.2 Å². The highest BCUT2D eigenvalue weighted by Crippen LogP contribution is 2.41. The SMILES string of the molecule is CO[C@H]1C[C@@H](S(=O)(=O)c2ccc(-c3cnn(C)c3)cc2C(F)(F)F)C[C@@H]1C(=O)[O-]. The molecule has 158 valence electrons. The van der Waals surface area contributed by atoms with E-state index in [1.54, 1.807) is 7.05 Å². The number of carboxylic acid groups (broad SMARTS) is 1. The molecule has 0 saturated heterocycles. The summed E-state index contributed by atoms with van der Waals surface area (Å²) in [6.07, 6.45) is -3.58. The van der Waals surface area contributed by atoms with Crippen LogP contribution >= 0.6 is 0 Å². The van der Waals surface area contributed by atoms with Crippen molar-refractivity contribution in [1.82, 2.24) is 9.78 Å². The molecule has 0 N–H and O–H groups in total. The first-order chi connectivity index (χ1) is 13.4. The van der Waals surface area contributed by atoms with Crippen molar-refractivity contribution >= 4 is 15.8 Å². The van der Waals surface area contributed by atoms with Crippen LogP contribution in [0.2, 0.25) is 0 Å². The second-order valence-electron chi connectivity index (χ2n) is 6.95. The highest BCUT2D eigenvalue weighted by molar-refractivity contribution is 7.92. The minimum absolute atomic E-state index is 0.165. The Labute approximate surface area is 165 Å². The second-order valence-corrected chi connectivity index (χ2v) is 9.15. The average Bonchev–Trinajstić information content (AvgIpc) is 3.27. The summed E-state index contributed by atoms with van der Waals surface area (Å²) in [5.74, 6) is -2.69. The summed E-state index contributed by atoms with van der Waals surface area (Å²) < 4.78 is 73.5. The fourth-order valence-electron chi connectivity index (χ4n) is 3.65. The maximum Gasteiger partial charge on any atom is 0.417 e. The number of carbonyl (C=O) groups excluding carboxylic acids is 1. The molecule has 1 aliphatic carbocycles. The van der Waals surface area contributed by atoms with E-state index in [1.165, 1.54) is 30.3 Å². The lowest BCUT2D eigenvalue weighted by molar-refractivity contribution is -0.313. The molecule has 0 unspecified atom stereocenters. The number of methoxy groups -OCH3 is 1. The van der Waals surface area contributed by atoms with Gasteiger partial charge in [0.2, 0.25) is 0 Å². The third kappa shape index (κ3) is 4.01. The molecule has 1 aromatic carbocycles. The molecule has 0 spiro atoms. The van der Waals surface area contributed by atoms with Crippen LogP contribution in [0.4, 0.5) is 13.2 Å². The van der Waals surface area contributed by atoms with Crippen molar-refractivity contribution in [2.75, 3.05) is 7.11 Å². The zero-order valence-corrected chi connectivity index (χ0v) is 16.3. The first kappa shape index (κ1) is 21.3. The number of aromatic nitrogens is 2. The largest absolute Gasteiger partial charge is 0.550 e. The van der Waals surface area contributed by atoms with Gasteiger partial charge in [0.25, 0.3) is 0 Å². The van der Waals surface area contributed by atoms with E-state index >= 15 is 0 Å². The lowest BCUT2D eigenvalue weighted by Crippen LogP contribution is -2.36. The minimum atomic E-state index is -4.92. The molecule has 1 saturated carbocycles. The van der Waals surface area contributed by atoms with Gasteiger partial charge >= 0.3 is 6.18 Å². The number of carboxylic acids is 1. The van der Waals surface area contributed by atoms with Crippen LogP contribution in [-0.4, -0.2) is 42.6 Å². The Bertz CT molecular complexity index is 1030. The quantitative estimate of drug-likeness (QED) is 0.710. The Morgan fingerprint density at radius 3 is 2.45 bits per heavy atom. The fourth-order valence-corrected chi connectivity index (χ4v) is 5.65. The summed E-state index contributed by atoms with van der Waals surface area (Å²) in [5.41, 5.74) is -0.734. The molecule has 0 radical (unpaired) electrons. The van der Waals surface area contributed by atoms with Gasteiger partial charge in [0.1, 0.15) is 0 Å². The van der Waals surface area contributed by atoms with Crippen molar-refractivity contribution < 1.29 is 36.2 Å². The average molecular weight is 431 g/mol. The van der Waals surface area contributed by atoms with Crippen molar-refractivity contribution in [2.24, 2.45) is 13.0 Å². The Balaban J connectivity index is 2.06. The predicted octanol–water partition coefficient (Wildman–Crippen LogP) is 1.42. The molecule has 1 aromatic heterocycles. The van der Waals surface area contributed by atoms with Gasteiger partial charge in [-0.05, 0) is 30.5 Å². The van der Waals surface area contributed by atoms with Gasteiger partial charge in [-0.3, -0.25) is 4.68 Å². The van der Waals surface area contributed by atoms with E-state index in [1.807, 2.05) is 0 Å². The molecule has 1 aliphatic rings. The molecular weight excluding hydrogens is 413 g/mol. The number of nitrogens with zero attached hydrogens (tertiary/aromatic N) is 2. The monoisotopic (exact) mass is 431 g/mol. The number of aryl methyl sites for hydroxylation is 1. The van der Waals surface area contributed by atoms with E-state index in [2.05, 4.69) is 5.10 Å². The van der Waals surface area contributed by atoms with E-state index in [0.717, 1.165) is 12.1 Å². The van der Waals surface area contributed by atoms with E-state index in [-0.39, 0.29) is 18.4 Å². The van der Waals surface area contributed by atoms with Gasteiger partial charge in [-0.1, -0.05) is 6.07 Å². The maximum absolute atomic E-state index is 13.7. The molecule has 29 heavy (non-hydrogen) atoms. The summed E-state index contributed by atoms with van der Waals surface area (Å²) in [4.78, 5) is 10.4. The van der Waals surface area contributed by atoms with Gasteiger partial charge in [-0.15, -0.1) is 0 Å². The number of benzene rings is 1. The Morgan fingerprint density at radius 2 is 1.97 bits per heavy atom. The Morgan fingerprint density at radius 1 is 1.28 bits per heavy atom. The number of rotatable bonds is 5. The summed E-state index contributed by atoms with van der Waals surface area (Å²) >= 11 is 0. The summed E-state index contributed by atoms with van der Waals surface area (Å²) in [6, 6.07) is 2.95. The number of alkyl halides is 3. The fraction of sp³-hybridized carbons (Fsp3) is 0.444. The zero-order valence-electron chi connectivity index (χ0n) is 15.5. The van der Waals surface area contributed by atoms with Gasteiger partial charge in [0, 0.05) is 37.8 Å². The van der Waals surface area contributed by atoms with Gasteiger partial charge in [0.15, 0.2) is 9.84 Å². The predicted molar refractivity (Wildman–Crippen MR) is 93.1 cm³/mol. The van der Waals surface area contributed by atoms with Crippen LogP contribution in [0.3, 0.4) is 0 Å². The number of halogens is 3. The van der Waals surface area contributed by atoms with Crippen LogP contribution in [0.25, 0.3) is 11.1 Å². The first-order valence-electron chi connectivity index (χ1n) is 8.63. The van der Waals surface area contributed by atoms with Gasteiger partial charge in [-0.25, -0.2) is 8.42 Å². The molecule has 0 bridgehead atoms. The third-order valence-electron chi connectivity index (χ3n) is 5.13. The molecule has 0 aliphatic heterocycles. The summed E-state index contributed by atoms with van der Waals surface area (Å²) in [6.45, 7) is 0. The highest BCUT2D eigenvalue weighted by Gasteiger charge is 2.45. The van der Waals surface area contributed by atoms with Gasteiger partial charge in [-0.2, -0.15) is 18.3 Å². The molecular formula is C18H18F3N2O5S-. The van der Waals surface area contributed by atoms with E-state index in [9.17, 15) is 31.5 Å². The summed E-state index contributed by atoms with van der Waals surface area (Å²) in [7, 11) is -1.64. The topological polar surface area (TPSA) is 101 Å². The van der Waals surface area contributed by atoms with Crippen molar-refractivity contribution in [1.29, 1.82) is 0 Å². The first-order valence-corrected chi connectivity index (χ1v) is 10.2. The van der Waals surface area contributed by atoms with Crippen LogP contribution < -0.4 is 5.11 Å². The normalized spacial score (nSPS) is 22.7. The second kappa shape index (κ2) is 7.45. The van der Waals surface area contributed by atoms with E-state index in [0.29, 0.717) is 5.56 Å². The Kier molecular flexibility index (Phi) is 5.48. The summed E-state index contributed by atoms with van der Waals surface area (Å²) in [5, 5.41) is 13.8. The van der Waals surface area contributed by atoms with Crippen LogP contribution in [0.1, 0.15) is 18.4 Å². The number of hydrogen-bond donors (Lipinski definition) is 0. The number of aliphatic carboxylic acids is 1. The lowest BCUT2D eigenvalue weighted by atomic mass is 10.1. The maximum atomic E-state index is 13.7. The Hall–Kier alpha value is -2.40. The van der Waals surface area contributed by atoms with E-state index < -0.39 is 49.7 Å². The standard InChI is InChI=1S/C18H19F3N2O5S/c1-23-9-11(8-22-23)10-3-4-16(14(5-10)18(19,20)21)29(26,27)12-6-13(17(24)25)15(7-12)28-2/h3-5,8-9,12-13,15H,6-7H2,1-2H3,(H,24,25)/p-1/t12-,13-,15-/m0/s1. The molecule has 1 fully saturated rings. The van der Waals surface area contributed by atoms with Crippen molar-refractivity contribution in [2.45, 2.75) is 35.3 Å². The minimum Gasteiger partial charge on any atom is -0.550 e. The lowest BCUT2D eigenvalue weighted by Gasteiger charge is -2.18. The molecule has 11 heteroatoms. The van der Waals surface area contributed by atoms with Crippen molar-refractivity contribution in [3.8, 4) is 11.1 Å². The van der Waals surface area contributed by atoms with Gasteiger partial charge < -0.3 is 14.6 Å². The third-order valence-corrected chi connectivity index (χ3v) is 7.37. The highest BCUT2D eigenvalue weighted by atomic mass is 32.2. The molecule has 3 rings (SSSR count). The van der Waals surface area contributed by atoms with Crippen LogP contribution in [0.5, 0.6) is 0 Å². The smallest absolute Gasteiger partial charge is 0.417 e. The molecule has 0 amide bonds. The number of hydrogen-bond acceptors (Lipinski definition) is 6. The van der Waals surface area contributed by atoms with Gasteiger partial charge in [0.05, 0.1) is 28.0 Å². The zero-order chi connectivity index (χ0) is 21.6. The molecule has 3 atom stereocenters. The molecule has 7 nitrogen and oxygen atoms in total. The molecule has 2 aromatic rings. The van der Waals surface area contributed by atoms with Crippen molar-refractivity contribution in [3.63, 3.8) is 0 Å². The number of sulfone groups is 1. The van der Waals surface area contributed by atoms with Crippen LogP contribution in [-0.2, 0) is 32.6 Å². The number of ether oxygens (including phenoxy) is 1.